The molecular weight excluding hydrogens is 460 g/mol. The number of H-pyrrole nitrogens is 1. The highest BCUT2D eigenvalue weighted by Crippen LogP contribution is 2.32. The molecule has 0 atom stereocenters. The number of halogens is 1. The molecule has 2 saturated heterocycles. The van der Waals surface area contributed by atoms with Gasteiger partial charge < -0.3 is 25.2 Å². The van der Waals surface area contributed by atoms with Crippen LogP contribution in [0.25, 0.3) is 22.3 Å². The van der Waals surface area contributed by atoms with Gasteiger partial charge in [0.05, 0.1) is 5.52 Å². The maximum atomic E-state index is 5.14. The normalized spacial score (nSPS) is 16.1. The van der Waals surface area contributed by atoms with Crippen LogP contribution < -0.4 is 14.7 Å². The number of para-hydroxylation sites is 1. The van der Waals surface area contributed by atoms with Gasteiger partial charge in [0.2, 0.25) is 5.95 Å². The lowest BCUT2D eigenvalue weighted by Gasteiger charge is -2.36. The molecule has 35 heavy (non-hydrogen) atoms. The molecule has 0 bridgehead atoms. The van der Waals surface area contributed by atoms with Gasteiger partial charge in [-0.05, 0) is 43.0 Å². The number of rotatable bonds is 4. The molecule has 2 aromatic heterocycles. The monoisotopic (exact) mass is 492 g/mol. The summed E-state index contributed by atoms with van der Waals surface area (Å²) in [4.78, 5) is 21.1. The van der Waals surface area contributed by atoms with Crippen molar-refractivity contribution >= 4 is 40.9 Å². The smallest absolute Gasteiger partial charge is 0.228 e. The summed E-state index contributed by atoms with van der Waals surface area (Å²) >= 11 is 0. The Morgan fingerprint density at radius 1 is 0.657 bits per heavy atom. The number of fused-ring (bicyclic) bond motifs is 1. The van der Waals surface area contributed by atoms with Gasteiger partial charge >= 0.3 is 0 Å². The molecule has 4 heterocycles. The number of nitrogens with zero attached hydrogens (tertiary/aromatic N) is 5. The van der Waals surface area contributed by atoms with Crippen molar-refractivity contribution in [2.75, 3.05) is 54.0 Å². The van der Waals surface area contributed by atoms with E-state index >= 15 is 0 Å². The quantitative estimate of drug-likeness (QED) is 0.452. The minimum absolute atomic E-state index is 0. The molecule has 2 aliphatic rings. The van der Waals surface area contributed by atoms with Crippen molar-refractivity contribution in [2.45, 2.75) is 19.3 Å². The first-order valence-corrected chi connectivity index (χ1v) is 12.1. The van der Waals surface area contributed by atoms with Crippen LogP contribution in [-0.2, 0) is 0 Å². The third kappa shape index (κ3) is 5.06. The summed E-state index contributed by atoms with van der Waals surface area (Å²) in [5, 5.41) is 0. The second kappa shape index (κ2) is 11.0. The molecule has 0 spiro atoms. The van der Waals surface area contributed by atoms with Crippen molar-refractivity contribution in [1.82, 2.24) is 15.0 Å². The van der Waals surface area contributed by atoms with E-state index in [1.807, 2.05) is 0 Å². The number of nitrogens with one attached hydrogen (secondary N) is 1. The van der Waals surface area contributed by atoms with E-state index < -0.39 is 0 Å². The Labute approximate surface area is 212 Å². The minimum Gasteiger partial charge on any atom is -0.412 e. The van der Waals surface area contributed by atoms with Crippen molar-refractivity contribution < 1.29 is 5.48 Å². The molecular formula is C27H33ClN6O. The van der Waals surface area contributed by atoms with E-state index in [1.165, 1.54) is 30.5 Å². The first-order valence-electron chi connectivity index (χ1n) is 12.1. The molecule has 0 radical (unpaired) electrons. The van der Waals surface area contributed by atoms with Crippen LogP contribution in [0.4, 0.5) is 17.5 Å². The van der Waals surface area contributed by atoms with Crippen LogP contribution in [-0.4, -0.2) is 59.7 Å². The summed E-state index contributed by atoms with van der Waals surface area (Å²) in [5.41, 5.74) is 5.63. The number of benzene rings is 2. The van der Waals surface area contributed by atoms with Crippen LogP contribution in [0.5, 0.6) is 0 Å². The van der Waals surface area contributed by atoms with E-state index in [9.17, 15) is 0 Å². The van der Waals surface area contributed by atoms with Crippen LogP contribution in [0.3, 0.4) is 0 Å². The maximum absolute atomic E-state index is 5.14. The van der Waals surface area contributed by atoms with Gasteiger partial charge in [0.1, 0.15) is 5.52 Å². The summed E-state index contributed by atoms with van der Waals surface area (Å²) in [7, 11) is 0. The zero-order valence-electron chi connectivity index (χ0n) is 19.9. The number of piperidine rings is 1. The topological polar surface area (TPSA) is 82.8 Å². The van der Waals surface area contributed by atoms with Crippen molar-refractivity contribution in [3.05, 3.63) is 66.7 Å². The molecule has 8 heteroatoms. The second-order valence-electron chi connectivity index (χ2n) is 9.01. The van der Waals surface area contributed by atoms with Crippen LogP contribution in [0, 0.1) is 0 Å². The van der Waals surface area contributed by atoms with Gasteiger partial charge in [-0.3, -0.25) is 0 Å². The fourth-order valence-electron chi connectivity index (χ4n) is 5.04. The molecule has 184 valence electrons. The van der Waals surface area contributed by atoms with E-state index in [4.69, 9.17) is 9.97 Å². The first-order chi connectivity index (χ1) is 16.3. The fraction of sp³-hybridized carbons (Fsp3) is 0.333. The number of anilines is 3. The molecule has 0 saturated carbocycles. The van der Waals surface area contributed by atoms with Crippen LogP contribution in [0.15, 0.2) is 66.7 Å². The van der Waals surface area contributed by atoms with Gasteiger partial charge in [0, 0.05) is 50.6 Å². The molecule has 4 aromatic rings. The minimum atomic E-state index is 0. The Hall–Kier alpha value is -3.29. The van der Waals surface area contributed by atoms with Crippen LogP contribution in [0.1, 0.15) is 19.3 Å². The first kappa shape index (κ1) is 24.8. The van der Waals surface area contributed by atoms with E-state index in [-0.39, 0.29) is 17.9 Å². The lowest BCUT2D eigenvalue weighted by Crippen LogP contribution is -2.47. The van der Waals surface area contributed by atoms with Crippen molar-refractivity contribution in [3.63, 3.8) is 0 Å². The maximum Gasteiger partial charge on any atom is 0.228 e. The highest BCUT2D eigenvalue weighted by atomic mass is 35.5. The number of aromatic amines is 1. The fourth-order valence-corrected chi connectivity index (χ4v) is 5.04. The summed E-state index contributed by atoms with van der Waals surface area (Å²) in [5.74, 6) is 1.91. The Kier molecular flexibility index (Phi) is 7.78. The van der Waals surface area contributed by atoms with Crippen molar-refractivity contribution in [3.8, 4) is 11.3 Å². The summed E-state index contributed by atoms with van der Waals surface area (Å²) < 4.78 is 0. The highest BCUT2D eigenvalue weighted by Gasteiger charge is 2.24. The molecule has 0 amide bonds. The van der Waals surface area contributed by atoms with Gasteiger partial charge in [0.15, 0.2) is 5.82 Å². The van der Waals surface area contributed by atoms with Crippen LogP contribution >= 0.6 is 12.4 Å². The van der Waals surface area contributed by atoms with Gasteiger partial charge in [-0.1, -0.05) is 48.5 Å². The van der Waals surface area contributed by atoms with Crippen molar-refractivity contribution in [1.29, 1.82) is 0 Å². The highest BCUT2D eigenvalue weighted by molar-refractivity contribution is 5.92. The number of hydrogen-bond acceptors (Lipinski definition) is 5. The number of aromatic nitrogens is 3. The van der Waals surface area contributed by atoms with Gasteiger partial charge in [0.25, 0.3) is 0 Å². The SMILES string of the molecule is Cl.O.c1ccc(-c2cc3nc(N4CCN(c5ccccc5)CC4)nc(N4CCCCC4)c3[nH]2)cc1. The second-order valence-corrected chi connectivity index (χ2v) is 9.01. The third-order valence-electron chi connectivity index (χ3n) is 6.87. The molecule has 0 unspecified atom stereocenters. The zero-order chi connectivity index (χ0) is 22.0. The number of piperazine rings is 1. The predicted octanol–water partition coefficient (Wildman–Crippen LogP) is 4.54. The lowest BCUT2D eigenvalue weighted by atomic mass is 10.1. The van der Waals surface area contributed by atoms with Crippen LogP contribution in [0.2, 0.25) is 0 Å². The van der Waals surface area contributed by atoms with Gasteiger partial charge in [-0.25, -0.2) is 4.98 Å². The summed E-state index contributed by atoms with van der Waals surface area (Å²) in [6, 6.07) is 23.4. The average Bonchev–Trinajstić information content (AvgIpc) is 3.34. The number of hydrogen-bond donors (Lipinski definition) is 1. The summed E-state index contributed by atoms with van der Waals surface area (Å²) in [6.45, 7) is 5.94. The largest absolute Gasteiger partial charge is 0.412 e. The van der Waals surface area contributed by atoms with Gasteiger partial charge in [-0.15, -0.1) is 12.4 Å². The average molecular weight is 493 g/mol. The third-order valence-corrected chi connectivity index (χ3v) is 6.87. The Bertz CT molecular complexity index is 1220. The predicted molar refractivity (Wildman–Crippen MR) is 147 cm³/mol. The Balaban J connectivity index is 0.00000144. The Morgan fingerprint density at radius 3 is 1.97 bits per heavy atom. The van der Waals surface area contributed by atoms with Crippen molar-refractivity contribution in [2.24, 2.45) is 0 Å². The Morgan fingerprint density at radius 2 is 1.29 bits per heavy atom. The summed E-state index contributed by atoms with van der Waals surface area (Å²) in [6.07, 6.45) is 3.75. The molecule has 0 aliphatic carbocycles. The van der Waals surface area contributed by atoms with E-state index in [0.29, 0.717) is 0 Å². The molecule has 2 aliphatic heterocycles. The van der Waals surface area contributed by atoms with E-state index in [1.54, 1.807) is 0 Å². The van der Waals surface area contributed by atoms with E-state index in [0.717, 1.165) is 67.8 Å². The molecule has 6 rings (SSSR count). The molecule has 2 aromatic carbocycles. The van der Waals surface area contributed by atoms with Gasteiger partial charge in [-0.2, -0.15) is 4.98 Å². The van der Waals surface area contributed by atoms with E-state index in [2.05, 4.69) is 86.4 Å². The lowest BCUT2D eigenvalue weighted by molar-refractivity contribution is 0.573. The molecule has 2 fully saturated rings. The molecule has 7 nitrogen and oxygen atoms in total. The zero-order valence-corrected chi connectivity index (χ0v) is 20.7. The standard InChI is InChI=1S/C27H30N6.ClH.H2O/c1-4-10-21(11-5-1)23-20-24-25(28-23)26(32-14-8-3-9-15-32)30-27(29-24)33-18-16-31(17-19-33)22-12-6-2-7-13-22;;/h1-2,4-7,10-13,20,28H,3,8-9,14-19H2;1H;1H2. The molecule has 3 N–H and O–H groups in total.